The minimum Gasteiger partial charge on any atom is -0.444 e. The van der Waals surface area contributed by atoms with Gasteiger partial charge in [0.2, 0.25) is 17.8 Å². The molecule has 8 heterocycles. The zero-order chi connectivity index (χ0) is 58.8. The predicted octanol–water partition coefficient (Wildman–Crippen LogP) is 1.10. The second-order valence-electron chi connectivity index (χ2n) is 19.8. The number of anilines is 3. The number of aromatic nitrogens is 8. The van der Waals surface area contributed by atoms with Crippen LogP contribution in [0.1, 0.15) is 70.9 Å². The molecule has 0 saturated carbocycles. The maximum atomic E-state index is 13.5. The molecular formula is C47H57N13O19P2S. The molecule has 5 aromatic rings. The first-order chi connectivity index (χ1) is 39.0. The SMILES string of the molecule is CC(C)[C@H](NC(=O)CCCCCN1C(=O)C=CC1=O)C(=O)C[C@@H](C)C(=O)Nc1ccc(COC(=O)Nc2ncnc3c2ncn3[C@@H]2O[C@@H]3COP(=O)(O)O[C@@H]4C(O)[C@H](n5cnc6c(=O)[nH]c(N)nc65)O[C@@H]4COP(O)(=S)O[C@H]2C3O)cc1. The van der Waals surface area contributed by atoms with Crippen molar-refractivity contribution in [3.8, 4) is 0 Å². The highest BCUT2D eigenvalue weighted by Gasteiger charge is 2.53. The Balaban J connectivity index is 0.772. The van der Waals surface area contributed by atoms with Crippen LogP contribution in [0, 0.1) is 11.8 Å². The van der Waals surface area contributed by atoms with E-state index in [0.717, 1.165) is 22.1 Å². The number of nitrogens with two attached hydrogens (primary N) is 1. The van der Waals surface area contributed by atoms with Crippen molar-refractivity contribution in [1.82, 2.24) is 49.3 Å². The zero-order valence-electron chi connectivity index (χ0n) is 43.8. The molecule has 440 valence electrons. The summed E-state index contributed by atoms with van der Waals surface area (Å²) in [6.07, 6.45) is -6.29. The van der Waals surface area contributed by atoms with Gasteiger partial charge in [0, 0.05) is 43.1 Å². The summed E-state index contributed by atoms with van der Waals surface area (Å²) in [5, 5.41) is 30.9. The number of ketones is 1. The maximum absolute atomic E-state index is 13.5. The molecule has 9 rings (SSSR count). The Kier molecular flexibility index (Phi) is 18.2. The number of phosphoric ester groups is 1. The average Bonchev–Trinajstić information content (AvgIpc) is 3.15. The fourth-order valence-corrected chi connectivity index (χ4v) is 11.7. The quantitative estimate of drug-likeness (QED) is 0.0337. The normalized spacial score (nSPS) is 27.4. The third-order valence-corrected chi connectivity index (χ3v) is 16.1. The molecule has 2 bridgehead atoms. The lowest BCUT2D eigenvalue weighted by Gasteiger charge is -2.27. The van der Waals surface area contributed by atoms with E-state index in [9.17, 15) is 58.1 Å². The Morgan fingerprint density at radius 1 is 0.841 bits per heavy atom. The molecule has 4 aliphatic heterocycles. The molecule has 0 aliphatic carbocycles. The minimum absolute atomic E-state index is 0.0104. The number of unbranched alkanes of at least 4 members (excludes halogenated alkanes) is 2. The summed E-state index contributed by atoms with van der Waals surface area (Å²) in [5.41, 5.74) is 5.63. The van der Waals surface area contributed by atoms with Crippen molar-refractivity contribution in [2.45, 2.75) is 115 Å². The van der Waals surface area contributed by atoms with E-state index in [1.807, 2.05) is 0 Å². The number of nitrogen functional groups attached to an aromatic ring is 1. The Morgan fingerprint density at radius 2 is 1.52 bits per heavy atom. The fraction of sp³-hybridized carbons (Fsp3) is 0.489. The number of nitrogens with zero attached hydrogens (tertiary/aromatic N) is 8. The number of Topliss-reactive ketones (excluding diaryl/α,β-unsaturated/α-hetero) is 1. The number of nitrogens with one attached hydrogen (secondary N) is 4. The number of carbonyl (C=O) groups excluding carboxylic acids is 6. The maximum Gasteiger partial charge on any atom is 0.472 e. The Bertz CT molecular complexity index is 3440. The van der Waals surface area contributed by atoms with Crippen LogP contribution in [0.25, 0.3) is 22.3 Å². The summed E-state index contributed by atoms with van der Waals surface area (Å²) in [6, 6.07) is 5.53. The number of aromatic amines is 1. The van der Waals surface area contributed by atoms with Crippen molar-refractivity contribution >= 4 is 102 Å². The number of imidazole rings is 2. The molecule has 4 aromatic heterocycles. The lowest BCUT2D eigenvalue weighted by atomic mass is 9.92. The number of phosphoric acid groups is 1. The monoisotopic (exact) mass is 1200 g/mol. The van der Waals surface area contributed by atoms with E-state index in [-0.39, 0.29) is 89.5 Å². The van der Waals surface area contributed by atoms with Gasteiger partial charge >= 0.3 is 20.6 Å². The smallest absolute Gasteiger partial charge is 0.444 e. The summed E-state index contributed by atoms with van der Waals surface area (Å²) in [7, 11) is -5.17. The van der Waals surface area contributed by atoms with Crippen LogP contribution < -0.4 is 27.2 Å². The second-order valence-corrected chi connectivity index (χ2v) is 24.0. The largest absolute Gasteiger partial charge is 0.472 e. The number of benzene rings is 1. The molecule has 10 N–H and O–H groups in total. The van der Waals surface area contributed by atoms with Gasteiger partial charge in [0.1, 0.15) is 49.6 Å². The van der Waals surface area contributed by atoms with Crippen molar-refractivity contribution in [3.05, 3.63) is 71.3 Å². The van der Waals surface area contributed by atoms with Gasteiger partial charge in [0.05, 0.1) is 31.9 Å². The average molecular weight is 1200 g/mol. The first kappa shape index (κ1) is 59.8. The highest BCUT2D eigenvalue weighted by Crippen LogP contribution is 2.54. The molecule has 32 nitrogen and oxygen atoms in total. The van der Waals surface area contributed by atoms with Gasteiger partial charge < -0.3 is 55.1 Å². The van der Waals surface area contributed by atoms with Gasteiger partial charge in [0.25, 0.3) is 17.4 Å². The molecule has 35 heteroatoms. The Labute approximate surface area is 468 Å². The van der Waals surface area contributed by atoms with Gasteiger partial charge in [-0.2, -0.15) is 4.98 Å². The van der Waals surface area contributed by atoms with E-state index < -0.39 is 106 Å². The molecule has 5 amide bonds. The number of rotatable bonds is 18. The van der Waals surface area contributed by atoms with Crippen LogP contribution in [0.4, 0.5) is 22.2 Å². The topological polar surface area (TPSA) is 438 Å². The molecule has 3 saturated heterocycles. The van der Waals surface area contributed by atoms with Crippen LogP contribution in [0.2, 0.25) is 0 Å². The van der Waals surface area contributed by atoms with Gasteiger partial charge in [-0.15, -0.1) is 0 Å². The van der Waals surface area contributed by atoms with Crippen LogP contribution in [0.15, 0.2) is 60.2 Å². The van der Waals surface area contributed by atoms with Gasteiger partial charge in [-0.05, 0) is 48.3 Å². The van der Waals surface area contributed by atoms with Crippen molar-refractivity contribution in [2.75, 3.05) is 36.1 Å². The van der Waals surface area contributed by atoms with Crippen LogP contribution in [-0.2, 0) is 79.3 Å². The number of hydrogen-bond acceptors (Lipinski definition) is 24. The predicted molar refractivity (Wildman–Crippen MR) is 284 cm³/mol. The highest BCUT2D eigenvalue weighted by molar-refractivity contribution is 8.07. The van der Waals surface area contributed by atoms with Gasteiger partial charge in [-0.3, -0.25) is 66.7 Å². The molecule has 12 atom stereocenters. The first-order valence-corrected chi connectivity index (χ1v) is 29.6. The van der Waals surface area contributed by atoms with Gasteiger partial charge in [0.15, 0.2) is 46.4 Å². The minimum atomic E-state index is -5.17. The number of fused-ring (bicyclic) bond motifs is 5. The van der Waals surface area contributed by atoms with E-state index in [1.165, 1.54) is 23.0 Å². The molecule has 0 radical (unpaired) electrons. The molecule has 0 spiro atoms. The van der Waals surface area contributed by atoms with Gasteiger partial charge in [-0.25, -0.2) is 29.3 Å². The second kappa shape index (κ2) is 24.9. The Hall–Kier alpha value is -6.84. The number of hydrogen-bond donors (Lipinski definition) is 9. The summed E-state index contributed by atoms with van der Waals surface area (Å²) >= 11 is 5.33. The fourth-order valence-electron chi connectivity index (χ4n) is 9.37. The standard InChI is InChI=1S/C47H57N13O19P2S/c1-22(2)32(54-29(62)7-5-4-6-14-58-30(63)12-13-31(58)64)26(61)15-23(3)42(67)53-25-10-8-24(9-11-25)16-73-47(69)55-39-33-40(50-19-49-39)59(20-51-33)45-38-35(65)27(76-45)17-74-80(70,71)78-37-28(18-75-81(72,82)79-38)77-44(36(37)66)60-21-52-34-41(60)56-46(48)57-43(34)68/h8-13,19-23,27-28,32,35-38,44-45,65-66H,4-7,14-18H2,1-3H3,(H,53,67)(H,54,62)(H,70,71)(H,72,82)(H3,48,56,57,68)(H,49,50,55,69)/t23-,27-,28-,32+,35?,36?,37+,38+,44-,45-,81?/m1/s1. The van der Waals surface area contributed by atoms with E-state index in [4.69, 9.17) is 49.8 Å². The van der Waals surface area contributed by atoms with Crippen LogP contribution >= 0.6 is 14.5 Å². The van der Waals surface area contributed by atoms with Crippen LogP contribution in [0.5, 0.6) is 0 Å². The van der Waals surface area contributed by atoms with Crippen molar-refractivity contribution in [1.29, 1.82) is 0 Å². The van der Waals surface area contributed by atoms with Crippen molar-refractivity contribution in [2.24, 2.45) is 11.8 Å². The number of imide groups is 1. The number of aliphatic hydroxyl groups is 2. The van der Waals surface area contributed by atoms with Gasteiger partial charge in [-0.1, -0.05) is 39.3 Å². The van der Waals surface area contributed by atoms with Crippen molar-refractivity contribution in [3.63, 3.8) is 0 Å². The molecule has 1 aromatic carbocycles. The summed E-state index contributed by atoms with van der Waals surface area (Å²) in [4.78, 5) is 135. The first-order valence-electron chi connectivity index (χ1n) is 25.5. The summed E-state index contributed by atoms with van der Waals surface area (Å²) in [5.74, 6) is -3.23. The number of carbonyl (C=O) groups is 6. The van der Waals surface area contributed by atoms with Crippen molar-refractivity contribution < 1.29 is 85.6 Å². The highest BCUT2D eigenvalue weighted by atomic mass is 32.5. The third-order valence-electron chi connectivity index (χ3n) is 13.6. The molecular weight excluding hydrogens is 1140 g/mol. The summed E-state index contributed by atoms with van der Waals surface area (Å²) < 4.78 is 55.4. The van der Waals surface area contributed by atoms with E-state index >= 15 is 0 Å². The Morgan fingerprint density at radius 3 is 2.24 bits per heavy atom. The molecule has 4 aliphatic rings. The molecule has 3 fully saturated rings. The number of aliphatic hydroxyl groups excluding tert-OH is 2. The third kappa shape index (κ3) is 13.6. The van der Waals surface area contributed by atoms with E-state index in [2.05, 4.69) is 45.9 Å². The van der Waals surface area contributed by atoms with E-state index in [0.29, 0.717) is 30.5 Å². The number of H-pyrrole nitrogens is 1. The van der Waals surface area contributed by atoms with E-state index in [1.54, 1.807) is 45.0 Å². The van der Waals surface area contributed by atoms with Crippen LogP contribution in [0.3, 0.4) is 0 Å². The zero-order valence-corrected chi connectivity index (χ0v) is 46.4. The molecule has 82 heavy (non-hydrogen) atoms. The summed E-state index contributed by atoms with van der Waals surface area (Å²) in [6.45, 7) is -0.832. The lowest BCUT2D eigenvalue weighted by Crippen LogP contribution is -2.45. The van der Waals surface area contributed by atoms with Crippen LogP contribution in [-0.4, -0.2) is 162 Å². The molecule has 4 unspecified atom stereocenters. The number of ether oxygens (including phenoxy) is 3. The number of amides is 5. The lowest BCUT2D eigenvalue weighted by molar-refractivity contribution is -0.137.